The van der Waals surface area contributed by atoms with E-state index in [9.17, 15) is 4.79 Å². The van der Waals surface area contributed by atoms with Crippen molar-refractivity contribution in [3.63, 3.8) is 0 Å². The van der Waals surface area contributed by atoms with Gasteiger partial charge in [0.2, 0.25) is 0 Å². The summed E-state index contributed by atoms with van der Waals surface area (Å²) >= 11 is 1.65. The second-order valence-corrected chi connectivity index (χ2v) is 6.93. The van der Waals surface area contributed by atoms with Gasteiger partial charge >= 0.3 is 0 Å². The minimum absolute atomic E-state index is 0.0194. The van der Waals surface area contributed by atoms with E-state index >= 15 is 0 Å². The van der Waals surface area contributed by atoms with Crippen molar-refractivity contribution in [2.45, 2.75) is 26.7 Å². The van der Waals surface area contributed by atoms with E-state index < -0.39 is 0 Å². The van der Waals surface area contributed by atoms with Crippen LogP contribution in [0.3, 0.4) is 0 Å². The monoisotopic (exact) mass is 354 g/mol. The summed E-state index contributed by atoms with van der Waals surface area (Å²) in [4.78, 5) is 23.7. The quantitative estimate of drug-likeness (QED) is 0.707. The second-order valence-electron chi connectivity index (χ2n) is 6.15. The third kappa shape index (κ3) is 2.84. The predicted octanol–water partition coefficient (Wildman–Crippen LogP) is 3.05. The average Bonchev–Trinajstić information content (AvgIpc) is 3.19. The Morgan fingerprint density at radius 2 is 2.08 bits per heavy atom. The van der Waals surface area contributed by atoms with Gasteiger partial charge in [0, 0.05) is 41.7 Å². The molecule has 1 amide bonds. The van der Waals surface area contributed by atoms with Crippen LogP contribution in [0.1, 0.15) is 33.1 Å². The van der Waals surface area contributed by atoms with Crippen LogP contribution in [0.25, 0.3) is 11.3 Å². The number of rotatable bonds is 2. The molecule has 0 aromatic carbocycles. The van der Waals surface area contributed by atoms with E-state index in [2.05, 4.69) is 26.6 Å². The van der Waals surface area contributed by atoms with Crippen molar-refractivity contribution in [3.8, 4) is 11.3 Å². The summed E-state index contributed by atoms with van der Waals surface area (Å²) < 4.78 is 5.15. The Balaban J connectivity index is 1.63. The van der Waals surface area contributed by atoms with Gasteiger partial charge in [-0.15, -0.1) is 0 Å². The Morgan fingerprint density at radius 3 is 2.80 bits per heavy atom. The fourth-order valence-corrected chi connectivity index (χ4v) is 3.96. The molecule has 4 heterocycles. The number of carbonyl (C=O) groups is 1. The highest BCUT2D eigenvalue weighted by Crippen LogP contribution is 2.28. The lowest BCUT2D eigenvalue weighted by molar-refractivity contribution is 0.0760. The highest BCUT2D eigenvalue weighted by Gasteiger charge is 2.26. The number of fused-ring (bicyclic) bond motifs is 1. The molecule has 4 rings (SSSR count). The number of amides is 1. The van der Waals surface area contributed by atoms with E-state index in [-0.39, 0.29) is 5.91 Å². The van der Waals surface area contributed by atoms with Crippen molar-refractivity contribution < 1.29 is 9.32 Å². The normalized spacial score (nSPS) is 14.2. The molecule has 1 aliphatic heterocycles. The predicted molar refractivity (Wildman–Crippen MR) is 94.6 cm³/mol. The number of aryl methyl sites for hydroxylation is 2. The van der Waals surface area contributed by atoms with E-state index in [0.29, 0.717) is 30.1 Å². The van der Waals surface area contributed by atoms with Crippen LogP contribution in [0.15, 0.2) is 27.7 Å². The topological polar surface area (TPSA) is 72.1 Å². The van der Waals surface area contributed by atoms with Gasteiger partial charge in [0.25, 0.3) is 5.91 Å². The van der Waals surface area contributed by atoms with Gasteiger partial charge in [-0.1, -0.05) is 5.16 Å². The number of nitrogens with zero attached hydrogens (tertiary/aromatic N) is 4. The molecule has 25 heavy (non-hydrogen) atoms. The van der Waals surface area contributed by atoms with Crippen LogP contribution in [0.5, 0.6) is 0 Å². The zero-order chi connectivity index (χ0) is 17.4. The number of hydrogen-bond acceptors (Lipinski definition) is 6. The van der Waals surface area contributed by atoms with Crippen molar-refractivity contribution in [1.29, 1.82) is 0 Å². The lowest BCUT2D eigenvalue weighted by Gasteiger charge is -2.19. The van der Waals surface area contributed by atoms with Gasteiger partial charge in [0.05, 0.1) is 11.4 Å². The molecule has 0 unspecified atom stereocenters. The highest BCUT2D eigenvalue weighted by molar-refractivity contribution is 7.08. The van der Waals surface area contributed by atoms with Crippen LogP contribution in [0.2, 0.25) is 0 Å². The van der Waals surface area contributed by atoms with Crippen LogP contribution in [-0.2, 0) is 12.8 Å². The molecule has 3 aromatic heterocycles. The van der Waals surface area contributed by atoms with E-state index in [1.807, 2.05) is 10.3 Å². The molecule has 0 saturated heterocycles. The Morgan fingerprint density at radius 1 is 1.24 bits per heavy atom. The van der Waals surface area contributed by atoms with Crippen LogP contribution in [0, 0.1) is 13.8 Å². The maximum Gasteiger partial charge on any atom is 0.259 e. The first-order valence-corrected chi connectivity index (χ1v) is 9.17. The SMILES string of the molecule is Cc1noc(C)c1C(=O)N1CCc2ncnc(-c3ccsc3)c2CC1. The molecular formula is C18H18N4O2S. The number of hydrogen-bond donors (Lipinski definition) is 0. The molecule has 1 aliphatic rings. The van der Waals surface area contributed by atoms with Gasteiger partial charge in [-0.25, -0.2) is 9.97 Å². The molecule has 0 bridgehead atoms. The Hall–Kier alpha value is -2.54. The van der Waals surface area contributed by atoms with Crippen LogP contribution in [0.4, 0.5) is 0 Å². The fraction of sp³-hybridized carbons (Fsp3) is 0.333. The second kappa shape index (κ2) is 6.40. The summed E-state index contributed by atoms with van der Waals surface area (Å²) in [6.07, 6.45) is 3.10. The summed E-state index contributed by atoms with van der Waals surface area (Å²) in [5.41, 5.74) is 5.50. The third-order valence-corrected chi connectivity index (χ3v) is 5.30. The lowest BCUT2D eigenvalue weighted by Crippen LogP contribution is -2.33. The van der Waals surface area contributed by atoms with Crippen molar-refractivity contribution >= 4 is 17.2 Å². The zero-order valence-electron chi connectivity index (χ0n) is 14.2. The van der Waals surface area contributed by atoms with Crippen LogP contribution >= 0.6 is 11.3 Å². The summed E-state index contributed by atoms with van der Waals surface area (Å²) in [5, 5.41) is 8.05. The molecule has 7 heteroatoms. The minimum Gasteiger partial charge on any atom is -0.361 e. The molecule has 3 aromatic rings. The molecule has 0 N–H and O–H groups in total. The molecule has 0 radical (unpaired) electrons. The Labute approximate surface area is 149 Å². The lowest BCUT2D eigenvalue weighted by atomic mass is 10.0. The fourth-order valence-electron chi connectivity index (χ4n) is 3.32. The summed E-state index contributed by atoms with van der Waals surface area (Å²) in [5.74, 6) is 0.553. The maximum atomic E-state index is 12.9. The van der Waals surface area contributed by atoms with Crippen LogP contribution < -0.4 is 0 Å². The zero-order valence-corrected chi connectivity index (χ0v) is 15.0. The van der Waals surface area contributed by atoms with E-state index in [4.69, 9.17) is 4.52 Å². The standard InChI is InChI=1S/C18H18N4O2S/c1-11-16(12(2)24-21-11)18(23)22-6-3-14-15(4-7-22)19-10-20-17(14)13-5-8-25-9-13/h5,8-10H,3-4,6-7H2,1-2H3. The first-order valence-electron chi connectivity index (χ1n) is 8.22. The molecule has 0 spiro atoms. The molecule has 0 aliphatic carbocycles. The first-order chi connectivity index (χ1) is 12.1. The summed E-state index contributed by atoms with van der Waals surface area (Å²) in [6.45, 7) is 4.85. The van der Waals surface area contributed by atoms with Crippen molar-refractivity contribution in [3.05, 3.63) is 51.4 Å². The van der Waals surface area contributed by atoms with Crippen molar-refractivity contribution in [1.82, 2.24) is 20.0 Å². The van der Waals surface area contributed by atoms with Gasteiger partial charge in [-0.3, -0.25) is 4.79 Å². The molecule has 0 fully saturated rings. The minimum atomic E-state index is -0.0194. The Bertz CT molecular complexity index is 898. The first kappa shape index (κ1) is 16.0. The number of carbonyl (C=O) groups excluding carboxylic acids is 1. The van der Waals surface area contributed by atoms with Gasteiger partial charge in [-0.2, -0.15) is 11.3 Å². The average molecular weight is 354 g/mol. The highest BCUT2D eigenvalue weighted by atomic mass is 32.1. The number of thiophene rings is 1. The maximum absolute atomic E-state index is 12.9. The van der Waals surface area contributed by atoms with Crippen molar-refractivity contribution in [2.75, 3.05) is 13.1 Å². The van der Waals surface area contributed by atoms with Gasteiger partial charge in [0.15, 0.2) is 0 Å². The molecule has 128 valence electrons. The smallest absolute Gasteiger partial charge is 0.259 e. The van der Waals surface area contributed by atoms with E-state index in [0.717, 1.165) is 35.4 Å². The number of aromatic nitrogens is 3. The van der Waals surface area contributed by atoms with E-state index in [1.54, 1.807) is 31.5 Å². The summed E-state index contributed by atoms with van der Waals surface area (Å²) in [7, 11) is 0. The molecule has 0 atom stereocenters. The van der Waals surface area contributed by atoms with Crippen molar-refractivity contribution in [2.24, 2.45) is 0 Å². The van der Waals surface area contributed by atoms with E-state index in [1.165, 1.54) is 0 Å². The largest absolute Gasteiger partial charge is 0.361 e. The molecule has 6 nitrogen and oxygen atoms in total. The third-order valence-electron chi connectivity index (χ3n) is 4.61. The summed E-state index contributed by atoms with van der Waals surface area (Å²) in [6, 6.07) is 2.07. The van der Waals surface area contributed by atoms with Crippen LogP contribution in [-0.4, -0.2) is 39.0 Å². The molecule has 0 saturated carbocycles. The van der Waals surface area contributed by atoms with Gasteiger partial charge in [0.1, 0.15) is 17.7 Å². The molecular weight excluding hydrogens is 336 g/mol. The Kier molecular flexibility index (Phi) is 4.09. The van der Waals surface area contributed by atoms with Gasteiger partial charge in [-0.05, 0) is 31.7 Å². The van der Waals surface area contributed by atoms with Gasteiger partial charge < -0.3 is 9.42 Å².